The Hall–Kier alpha value is -5.98. The molecule has 3 N–H and O–H groups in total. The van der Waals surface area contributed by atoms with E-state index in [1.54, 1.807) is 76.1 Å². The van der Waals surface area contributed by atoms with E-state index in [2.05, 4.69) is 31.8 Å². The Labute approximate surface area is 380 Å². The summed E-state index contributed by atoms with van der Waals surface area (Å²) in [6.45, 7) is 13.6. The summed E-state index contributed by atoms with van der Waals surface area (Å²) < 4.78 is 70.9. The molecule has 0 spiro atoms. The monoisotopic (exact) mass is 948 g/mol. The first-order valence-corrected chi connectivity index (χ1v) is 23.8. The molecular weight excluding hydrogens is 885 g/mol. The highest BCUT2D eigenvalue weighted by atomic mass is 32.2. The molecule has 0 unspecified atom stereocenters. The lowest BCUT2D eigenvalue weighted by atomic mass is 10.2. The van der Waals surface area contributed by atoms with Crippen molar-refractivity contribution in [1.82, 2.24) is 19.6 Å². The highest BCUT2D eigenvalue weighted by Gasteiger charge is 2.10. The number of sulfone groups is 3. The number of hydrogen-bond acceptors (Lipinski definition) is 15. The van der Waals surface area contributed by atoms with Crippen molar-refractivity contribution in [2.75, 3.05) is 31.3 Å². The van der Waals surface area contributed by atoms with Crippen LogP contribution in [-0.4, -0.2) is 88.0 Å². The largest absolute Gasteiger partial charge is 0.324 e. The zero-order chi connectivity index (χ0) is 48.0. The zero-order valence-corrected chi connectivity index (χ0v) is 39.4. The van der Waals surface area contributed by atoms with Gasteiger partial charge in [-0.3, -0.25) is 20.3 Å². The van der Waals surface area contributed by atoms with E-state index in [1.165, 1.54) is 59.4 Å². The minimum absolute atomic E-state index is 0. The minimum Gasteiger partial charge on any atom is -0.324 e. The number of anilines is 1. The maximum atomic E-state index is 11.3. The third kappa shape index (κ3) is 25.2. The van der Waals surface area contributed by atoms with Crippen LogP contribution in [0, 0.1) is 40.2 Å². The normalized spacial score (nSPS) is 10.1. The lowest BCUT2D eigenvalue weighted by molar-refractivity contribution is -0.209. The van der Waals surface area contributed by atoms with Crippen LogP contribution < -0.4 is 11.3 Å². The van der Waals surface area contributed by atoms with E-state index < -0.39 is 29.5 Å². The number of terminal acetylenes is 1. The lowest BCUT2D eigenvalue weighted by Crippen LogP contribution is -2.06. The van der Waals surface area contributed by atoms with Gasteiger partial charge in [0.15, 0.2) is 35.6 Å². The van der Waals surface area contributed by atoms with Crippen LogP contribution >= 0.6 is 0 Å². The van der Waals surface area contributed by atoms with Gasteiger partial charge in [-0.1, -0.05) is 21.3 Å². The molecule has 3 aromatic carbocycles. The number of nitrogen functional groups attached to an aromatic ring is 1. The van der Waals surface area contributed by atoms with Crippen molar-refractivity contribution in [2.45, 2.75) is 91.4 Å². The Balaban J connectivity index is -0.000000744. The van der Waals surface area contributed by atoms with Gasteiger partial charge in [0.1, 0.15) is 17.3 Å². The fourth-order valence-electron chi connectivity index (χ4n) is 4.65. The average molecular weight is 949 g/mol. The molecule has 5 rings (SSSR count). The van der Waals surface area contributed by atoms with Crippen molar-refractivity contribution in [2.24, 2.45) is 5.84 Å². The molecule has 0 bridgehead atoms. The maximum absolute atomic E-state index is 11.3. The lowest BCUT2D eigenvalue weighted by Gasteiger charge is -2.05. The van der Waals surface area contributed by atoms with Gasteiger partial charge in [-0.05, 0) is 140 Å². The number of carbonyl (C=O) groups is 3. The number of hydrazine groups is 1. The number of nitrogens with two attached hydrogens (primary N) is 1. The molecule has 0 aliphatic rings. The van der Waals surface area contributed by atoms with E-state index in [4.69, 9.17) is 5.84 Å². The summed E-state index contributed by atoms with van der Waals surface area (Å²) in [7, 11) is -8.02. The SMILES string of the molecule is C.C.C#COOC.CC(=O)CC(C)=O.CC(C)=O.CS(=O)(=O)c1ccc(NN)cc1.Cc1cc(C)n(-c2ccc(S(C)(=O)=O)cc2)n1.Cc1cc(C)n(-c2ccc(S(C)(=O)=O)cc2)n1. The number of aromatic nitrogens is 4. The summed E-state index contributed by atoms with van der Waals surface area (Å²) in [6, 6.07) is 23.6. The van der Waals surface area contributed by atoms with Crippen LogP contribution in [0.4, 0.5) is 5.69 Å². The van der Waals surface area contributed by atoms with Crippen molar-refractivity contribution in [3.05, 3.63) is 108 Å². The van der Waals surface area contributed by atoms with Crippen LogP contribution in [0.25, 0.3) is 11.4 Å². The van der Waals surface area contributed by atoms with Crippen LogP contribution in [-0.2, 0) is 53.7 Å². The van der Waals surface area contributed by atoms with Crippen molar-refractivity contribution in [3.63, 3.8) is 0 Å². The summed E-state index contributed by atoms with van der Waals surface area (Å²) in [4.78, 5) is 38.3. The van der Waals surface area contributed by atoms with Gasteiger partial charge in [0.05, 0.1) is 51.0 Å². The van der Waals surface area contributed by atoms with Gasteiger partial charge < -0.3 is 10.2 Å². The van der Waals surface area contributed by atoms with E-state index in [0.29, 0.717) is 20.4 Å². The quantitative estimate of drug-likeness (QED) is 0.0511. The first-order chi connectivity index (χ1) is 28.6. The number of nitrogens with zero attached hydrogens (tertiary/aromatic N) is 4. The van der Waals surface area contributed by atoms with Gasteiger partial charge in [0.2, 0.25) is 0 Å². The Morgan fingerprint density at radius 2 is 0.906 bits per heavy atom. The second-order valence-corrected chi connectivity index (χ2v) is 19.6. The standard InChI is InChI=1S/2C12H14N2O2S.C7H10N2O2S.C5H8O2.C3H4O2.C3H6O.2CH4/c2*1-9-8-10(2)14(13-9)11-4-6-12(7-5-11)17(3,15)16;1-12(10,11)7-4-2-6(9-8)3-5-7;1-4(6)3-5(2)7;1-3-5-4-2;1-3(2)4;;/h2*4-8H,1-3H3;2-5,9H,8H2,1H3;3H2,1-2H3;1H,2H3;1-2H3;2*1H4. The molecule has 2 heterocycles. The number of ketones is 3. The van der Waals surface area contributed by atoms with Crippen molar-refractivity contribution in [1.29, 1.82) is 0 Å². The van der Waals surface area contributed by atoms with Crippen molar-refractivity contribution >= 4 is 52.5 Å². The second kappa shape index (κ2) is 29.4. The Kier molecular flexibility index (Phi) is 28.6. The van der Waals surface area contributed by atoms with Crippen LogP contribution in [0.15, 0.2) is 99.6 Å². The molecule has 0 saturated heterocycles. The number of carbonyl (C=O) groups excluding carboxylic acids is 3. The van der Waals surface area contributed by atoms with Gasteiger partial charge in [0, 0.05) is 35.8 Å². The predicted octanol–water partition coefficient (Wildman–Crippen LogP) is 6.74. The molecule has 354 valence electrons. The highest BCUT2D eigenvalue weighted by Crippen LogP contribution is 2.17. The molecule has 0 fully saturated rings. The Morgan fingerprint density at radius 3 is 1.06 bits per heavy atom. The molecule has 0 atom stereocenters. The van der Waals surface area contributed by atoms with Gasteiger partial charge in [-0.25, -0.2) is 34.6 Å². The fraction of sp³-hybridized carbons (Fsp3) is 0.341. The fourth-order valence-corrected chi connectivity index (χ4v) is 6.54. The van der Waals surface area contributed by atoms with E-state index in [0.717, 1.165) is 40.4 Å². The highest BCUT2D eigenvalue weighted by molar-refractivity contribution is 7.91. The third-order valence-corrected chi connectivity index (χ3v) is 10.5. The molecule has 0 aliphatic carbocycles. The van der Waals surface area contributed by atoms with E-state index >= 15 is 0 Å². The van der Waals surface area contributed by atoms with Crippen molar-refractivity contribution in [3.8, 4) is 23.9 Å². The van der Waals surface area contributed by atoms with Gasteiger partial charge in [-0.15, -0.1) is 0 Å². The summed E-state index contributed by atoms with van der Waals surface area (Å²) in [5, 5.41) is 8.68. The van der Waals surface area contributed by atoms with Gasteiger partial charge >= 0.3 is 0 Å². The summed E-state index contributed by atoms with van der Waals surface area (Å²) in [5.74, 6) is 5.15. The van der Waals surface area contributed by atoms with Crippen molar-refractivity contribution < 1.29 is 49.4 Å². The molecule has 5 aromatic rings. The molecule has 0 amide bonds. The number of aryl methyl sites for hydroxylation is 4. The molecule has 17 nitrogen and oxygen atoms in total. The zero-order valence-electron chi connectivity index (χ0n) is 36.9. The average Bonchev–Trinajstić information content (AvgIpc) is 3.69. The number of rotatable bonds is 9. The maximum Gasteiger partial charge on any atom is 0.175 e. The molecular formula is C44H64N6O11S3. The molecule has 0 aliphatic heterocycles. The molecule has 0 saturated carbocycles. The predicted molar refractivity (Wildman–Crippen MR) is 252 cm³/mol. The summed E-state index contributed by atoms with van der Waals surface area (Å²) >= 11 is 0. The summed E-state index contributed by atoms with van der Waals surface area (Å²) in [6.07, 6.45) is 9.98. The van der Waals surface area contributed by atoms with Gasteiger partial charge in [-0.2, -0.15) is 15.1 Å². The number of nitrogens with one attached hydrogen (secondary N) is 1. The van der Waals surface area contributed by atoms with Crippen LogP contribution in [0.3, 0.4) is 0 Å². The number of Topliss-reactive ketones (excluding diaryl/α,β-unsaturated/α-hetero) is 3. The number of benzene rings is 3. The third-order valence-electron chi connectivity index (χ3n) is 7.12. The topological polar surface area (TPSA) is 246 Å². The minimum atomic E-state index is -3.14. The van der Waals surface area contributed by atoms with E-state index in [1.807, 2.05) is 39.8 Å². The van der Waals surface area contributed by atoms with E-state index in [-0.39, 0.29) is 38.6 Å². The second-order valence-electron chi connectivity index (χ2n) is 13.5. The molecule has 2 aromatic heterocycles. The first-order valence-electron chi connectivity index (χ1n) is 18.1. The smallest absolute Gasteiger partial charge is 0.175 e. The Morgan fingerprint density at radius 1 is 0.625 bits per heavy atom. The van der Waals surface area contributed by atoms with Crippen LogP contribution in [0.2, 0.25) is 0 Å². The molecule has 20 heteroatoms. The van der Waals surface area contributed by atoms with Gasteiger partial charge in [0.25, 0.3) is 0 Å². The Bertz CT molecular complexity index is 2460. The molecule has 64 heavy (non-hydrogen) atoms. The molecule has 0 radical (unpaired) electrons. The summed E-state index contributed by atoms with van der Waals surface area (Å²) in [5.41, 5.74) is 8.75. The van der Waals surface area contributed by atoms with Crippen LogP contribution in [0.5, 0.6) is 0 Å². The van der Waals surface area contributed by atoms with Crippen LogP contribution in [0.1, 0.15) is 71.7 Å². The first kappa shape index (κ1) is 62.3. The van der Waals surface area contributed by atoms with E-state index in [9.17, 15) is 39.6 Å². The number of hydrogen-bond donors (Lipinski definition) is 2.